The molecule has 1 aromatic carbocycles. The number of nitrogens with one attached hydrogen (secondary N) is 2. The highest BCUT2D eigenvalue weighted by Gasteiger charge is 2.11. The molecule has 5 nitrogen and oxygen atoms in total. The molecular formula is C18H21N5. The molecule has 0 radical (unpaired) electrons. The maximum absolute atomic E-state index is 4.63. The van der Waals surface area contributed by atoms with Crippen LogP contribution in [-0.2, 0) is 0 Å². The first-order valence-electron chi connectivity index (χ1n) is 7.64. The molecule has 3 rings (SSSR count). The van der Waals surface area contributed by atoms with E-state index in [-0.39, 0.29) is 5.41 Å². The molecule has 3 aromatic rings. The Bertz CT molecular complexity index is 841. The highest BCUT2D eigenvalue weighted by molar-refractivity contribution is 5.89. The summed E-state index contributed by atoms with van der Waals surface area (Å²) in [6.45, 7) is 6.39. The lowest BCUT2D eigenvalue weighted by molar-refractivity contribution is 0.607. The summed E-state index contributed by atoms with van der Waals surface area (Å²) in [6.07, 6.45) is 3.73. The minimum atomic E-state index is 0.0348. The number of aliphatic imine (C=N–C) groups is 1. The minimum absolute atomic E-state index is 0.0348. The summed E-state index contributed by atoms with van der Waals surface area (Å²) in [7, 11) is 1.89. The van der Waals surface area contributed by atoms with Crippen molar-refractivity contribution in [2.24, 2.45) is 10.4 Å². The van der Waals surface area contributed by atoms with Gasteiger partial charge in [0.05, 0.1) is 22.4 Å². The van der Waals surface area contributed by atoms with Gasteiger partial charge in [-0.25, -0.2) is 4.98 Å². The van der Waals surface area contributed by atoms with Crippen molar-refractivity contribution in [2.45, 2.75) is 20.8 Å². The highest BCUT2D eigenvalue weighted by atomic mass is 15.0. The molecule has 0 bridgehead atoms. The van der Waals surface area contributed by atoms with Crippen LogP contribution in [0.15, 0.2) is 41.5 Å². The number of hydrogen-bond acceptors (Lipinski definition) is 4. The van der Waals surface area contributed by atoms with Crippen LogP contribution >= 0.6 is 0 Å². The third-order valence-electron chi connectivity index (χ3n) is 3.37. The fourth-order valence-corrected chi connectivity index (χ4v) is 2.24. The van der Waals surface area contributed by atoms with Crippen LogP contribution in [0.25, 0.3) is 22.6 Å². The maximum Gasteiger partial charge on any atom is 0.157 e. The van der Waals surface area contributed by atoms with Crippen LogP contribution in [-0.4, -0.2) is 28.2 Å². The molecule has 0 spiro atoms. The average molecular weight is 307 g/mol. The molecule has 2 N–H and O–H groups in total. The van der Waals surface area contributed by atoms with Crippen molar-refractivity contribution in [1.29, 1.82) is 0 Å². The predicted octanol–water partition coefficient (Wildman–Crippen LogP) is 4.42. The third-order valence-corrected chi connectivity index (χ3v) is 3.37. The molecule has 0 amide bonds. The number of rotatable bonds is 3. The quantitative estimate of drug-likeness (QED) is 0.704. The summed E-state index contributed by atoms with van der Waals surface area (Å²) >= 11 is 0. The topological polar surface area (TPSA) is 66.0 Å². The number of hydrogen-bond donors (Lipinski definition) is 2. The van der Waals surface area contributed by atoms with Crippen LogP contribution in [0.1, 0.15) is 20.8 Å². The summed E-state index contributed by atoms with van der Waals surface area (Å²) in [5.74, 6) is 0.764. The maximum atomic E-state index is 4.63. The fraction of sp³-hybridized carbons (Fsp3) is 0.278. The molecule has 0 aliphatic rings. The van der Waals surface area contributed by atoms with Crippen molar-refractivity contribution in [3.8, 4) is 11.5 Å². The minimum Gasteiger partial charge on any atom is -0.386 e. The number of nitrogens with zero attached hydrogens (tertiary/aromatic N) is 3. The van der Waals surface area contributed by atoms with E-state index >= 15 is 0 Å². The van der Waals surface area contributed by atoms with Gasteiger partial charge < -0.3 is 10.3 Å². The molecular weight excluding hydrogens is 286 g/mol. The summed E-state index contributed by atoms with van der Waals surface area (Å²) in [5, 5.41) is 3.19. The molecule has 0 atom stereocenters. The van der Waals surface area contributed by atoms with Gasteiger partial charge in [0.1, 0.15) is 5.69 Å². The summed E-state index contributed by atoms with van der Waals surface area (Å²) in [4.78, 5) is 16.9. The Balaban J connectivity index is 2.08. The van der Waals surface area contributed by atoms with Gasteiger partial charge >= 0.3 is 0 Å². The number of fused-ring (bicyclic) bond motifs is 1. The number of anilines is 1. The average Bonchev–Trinajstić information content (AvgIpc) is 2.95. The number of pyridine rings is 1. The lowest BCUT2D eigenvalue weighted by Gasteiger charge is -2.11. The van der Waals surface area contributed by atoms with Crippen molar-refractivity contribution in [3.63, 3.8) is 0 Å². The monoisotopic (exact) mass is 307 g/mol. The number of aromatic nitrogens is 3. The fourth-order valence-electron chi connectivity index (χ4n) is 2.24. The number of benzene rings is 1. The Hall–Kier alpha value is -2.69. The number of imidazole rings is 1. The molecule has 0 aliphatic heterocycles. The first kappa shape index (κ1) is 15.2. The van der Waals surface area contributed by atoms with Crippen LogP contribution in [0, 0.1) is 5.41 Å². The van der Waals surface area contributed by atoms with Gasteiger partial charge in [-0.3, -0.25) is 9.98 Å². The van der Waals surface area contributed by atoms with Gasteiger partial charge in [-0.05, 0) is 29.7 Å². The number of aromatic amines is 1. The second-order valence-corrected chi connectivity index (χ2v) is 6.56. The molecule has 0 aliphatic carbocycles. The predicted molar refractivity (Wildman–Crippen MR) is 96.5 cm³/mol. The van der Waals surface area contributed by atoms with E-state index in [9.17, 15) is 0 Å². The number of H-pyrrole nitrogens is 1. The van der Waals surface area contributed by atoms with E-state index in [4.69, 9.17) is 0 Å². The first-order valence-corrected chi connectivity index (χ1v) is 7.64. The zero-order valence-corrected chi connectivity index (χ0v) is 13.9. The summed E-state index contributed by atoms with van der Waals surface area (Å²) in [6, 6.07) is 9.81. The lowest BCUT2D eigenvalue weighted by atomic mass is 9.99. The molecule has 0 saturated carbocycles. The molecule has 5 heteroatoms. The van der Waals surface area contributed by atoms with E-state index in [0.29, 0.717) is 0 Å². The van der Waals surface area contributed by atoms with Crippen LogP contribution in [0.3, 0.4) is 0 Å². The lowest BCUT2D eigenvalue weighted by Crippen LogP contribution is -2.05. The van der Waals surface area contributed by atoms with Gasteiger partial charge in [-0.1, -0.05) is 26.8 Å². The largest absolute Gasteiger partial charge is 0.386 e. The molecule has 2 heterocycles. The standard InChI is InChI=1S/C18H21N5/c1-18(2,3)11-21-14-10-16-15(9-13(14)19-4)22-17(23-16)12-7-5-6-8-20-12/h5-11,19H,1-4H3,(H,22,23). The van der Waals surface area contributed by atoms with Gasteiger partial charge in [-0.15, -0.1) is 0 Å². The van der Waals surface area contributed by atoms with Crippen LogP contribution in [0.5, 0.6) is 0 Å². The van der Waals surface area contributed by atoms with Gasteiger partial charge in [0.2, 0.25) is 0 Å². The highest BCUT2D eigenvalue weighted by Crippen LogP contribution is 2.31. The Labute approximate surface area is 135 Å². The van der Waals surface area contributed by atoms with Crippen molar-refractivity contribution in [3.05, 3.63) is 36.5 Å². The van der Waals surface area contributed by atoms with Crippen molar-refractivity contribution < 1.29 is 0 Å². The zero-order chi connectivity index (χ0) is 16.4. The molecule has 118 valence electrons. The van der Waals surface area contributed by atoms with Crippen molar-refractivity contribution in [1.82, 2.24) is 15.0 Å². The Morgan fingerprint density at radius 3 is 2.70 bits per heavy atom. The van der Waals surface area contributed by atoms with E-state index in [1.165, 1.54) is 0 Å². The summed E-state index contributed by atoms with van der Waals surface area (Å²) < 4.78 is 0. The zero-order valence-electron chi connectivity index (χ0n) is 13.9. The van der Waals surface area contributed by atoms with Crippen molar-refractivity contribution in [2.75, 3.05) is 12.4 Å². The van der Waals surface area contributed by atoms with Crippen LogP contribution in [0.4, 0.5) is 11.4 Å². The smallest absolute Gasteiger partial charge is 0.157 e. The van der Waals surface area contributed by atoms with Gasteiger partial charge in [0.15, 0.2) is 5.82 Å². The van der Waals surface area contributed by atoms with Gasteiger partial charge in [-0.2, -0.15) is 0 Å². The first-order chi connectivity index (χ1) is 11.0. The van der Waals surface area contributed by atoms with Crippen LogP contribution in [0.2, 0.25) is 0 Å². The normalized spacial score (nSPS) is 12.2. The Morgan fingerprint density at radius 1 is 1.22 bits per heavy atom. The second-order valence-electron chi connectivity index (χ2n) is 6.56. The van der Waals surface area contributed by atoms with E-state index in [2.05, 4.69) is 46.0 Å². The molecule has 0 saturated heterocycles. The van der Waals surface area contributed by atoms with E-state index in [0.717, 1.165) is 33.9 Å². The van der Waals surface area contributed by atoms with E-state index < -0.39 is 0 Å². The SMILES string of the molecule is CNc1cc2nc(-c3ccccn3)[nH]c2cc1N=CC(C)(C)C. The second kappa shape index (κ2) is 5.83. The van der Waals surface area contributed by atoms with Crippen LogP contribution < -0.4 is 5.32 Å². The Morgan fingerprint density at radius 2 is 2.04 bits per heavy atom. The van der Waals surface area contributed by atoms with E-state index in [1.54, 1.807) is 6.20 Å². The Kier molecular flexibility index (Phi) is 3.86. The van der Waals surface area contributed by atoms with Crippen molar-refractivity contribution >= 4 is 28.6 Å². The summed E-state index contributed by atoms with van der Waals surface area (Å²) in [5.41, 5.74) is 4.56. The van der Waals surface area contributed by atoms with Gasteiger partial charge in [0.25, 0.3) is 0 Å². The van der Waals surface area contributed by atoms with Gasteiger partial charge in [0, 0.05) is 19.5 Å². The molecule has 0 fully saturated rings. The molecule has 0 unspecified atom stereocenters. The van der Waals surface area contributed by atoms with E-state index in [1.807, 2.05) is 43.6 Å². The third kappa shape index (κ3) is 3.39. The molecule has 2 aromatic heterocycles. The molecule has 23 heavy (non-hydrogen) atoms.